The molecule has 0 unspecified atom stereocenters. The van der Waals surface area contributed by atoms with Gasteiger partial charge in [-0.3, -0.25) is 0 Å². The van der Waals surface area contributed by atoms with Crippen LogP contribution in [0.3, 0.4) is 0 Å². The predicted molar refractivity (Wildman–Crippen MR) is 14.0 cm³/mol. The Hall–Kier alpha value is 2.03. The van der Waals surface area contributed by atoms with Crippen LogP contribution in [0.15, 0.2) is 0 Å². The third-order valence-electron chi connectivity index (χ3n) is 0.111. The molecule has 0 aromatic carbocycles. The number of hydrogen-bond acceptors (Lipinski definition) is 3. The summed E-state index contributed by atoms with van der Waals surface area (Å²) in [5.74, 6) is 0. The second-order valence-electron chi connectivity index (χ2n) is 0.329. The van der Waals surface area contributed by atoms with Gasteiger partial charge in [-0.05, 0) is 0 Å². The molecule has 0 aliphatic rings. The van der Waals surface area contributed by atoms with E-state index in [-0.39, 0.29) is 56.1 Å². The van der Waals surface area contributed by atoms with E-state index in [0.29, 0.717) is 0 Å². The topological polar surface area (TPSA) is 43.4 Å². The first-order chi connectivity index (χ1) is 2.41. The fraction of sp³-hybridized carbons (Fsp3) is 0. The van der Waals surface area contributed by atoms with E-state index in [2.05, 4.69) is 2.84 Å². The monoisotopic (exact) mass is 160 g/mol. The van der Waals surface area contributed by atoms with E-state index < -0.39 is 31.0 Å². The van der Waals surface area contributed by atoms with Gasteiger partial charge >= 0.3 is 92.8 Å². The molecule has 0 aromatic rings. The zero-order chi connectivity index (χ0) is 4.12. The Bertz CT molecular complexity index is 42.2. The van der Waals surface area contributed by atoms with Crippen LogP contribution in [0.1, 0.15) is 0 Å². The molecule has 0 saturated carbocycles. The summed E-state index contributed by atoms with van der Waals surface area (Å²) in [6, 6.07) is 0. The van der Waals surface area contributed by atoms with Gasteiger partial charge in [0, 0.05) is 0 Å². The first kappa shape index (κ1) is 16.0. The van der Waals surface area contributed by atoms with Crippen molar-refractivity contribution in [1.29, 1.82) is 0 Å². The van der Waals surface area contributed by atoms with E-state index in [9.17, 15) is 7.61 Å². The number of halogens is 1. The Morgan fingerprint density at radius 1 is 1.14 bits per heavy atom. The van der Waals surface area contributed by atoms with Gasteiger partial charge in [0.2, 0.25) is 0 Å². The maximum absolute atomic E-state index is 9.21. The van der Waals surface area contributed by atoms with Gasteiger partial charge in [-0.1, -0.05) is 0 Å². The number of hydrogen-bond donors (Lipinski definition) is 0. The first-order valence-electron chi connectivity index (χ1n) is 0.943. The Morgan fingerprint density at radius 2 is 1.43 bits per heavy atom. The van der Waals surface area contributed by atoms with Crippen LogP contribution in [0.2, 0.25) is 0 Å². The van der Waals surface area contributed by atoms with Gasteiger partial charge in [-0.15, -0.1) is 0 Å². The Balaban J connectivity index is -0.0000000800. The first-order valence-corrected chi connectivity index (χ1v) is 2.83. The molecule has 0 bridgehead atoms. The Labute approximate surface area is 95.5 Å². The van der Waals surface area contributed by atoms with Crippen molar-refractivity contribution < 1.29 is 66.5 Å². The van der Waals surface area contributed by atoms with Gasteiger partial charge < -0.3 is 4.70 Å². The second-order valence-corrected chi connectivity index (χ2v) is 1.80. The number of rotatable bonds is 2. The van der Waals surface area contributed by atoms with Crippen LogP contribution >= 0.6 is 0 Å². The average Bonchev–Trinajstić information content (AvgIpc) is 1.41. The summed E-state index contributed by atoms with van der Waals surface area (Å²) in [4.78, 5) is 0. The standard InChI is InChI=1S/2Al.FH.K.3O/h;;1H;;;;/q;;;+1;;;/p-1. The zero-order valence-electron chi connectivity index (χ0n) is 3.76. The summed E-state index contributed by atoms with van der Waals surface area (Å²) in [7, 11) is 0. The van der Waals surface area contributed by atoms with E-state index in [0.717, 1.165) is 0 Å². The molecule has 32 valence electrons. The van der Waals surface area contributed by atoms with Crippen molar-refractivity contribution in [2.45, 2.75) is 0 Å². The van der Waals surface area contributed by atoms with Crippen molar-refractivity contribution in [3.05, 3.63) is 0 Å². The minimum atomic E-state index is -1.24. The molecule has 0 N–H and O–H groups in total. The van der Waals surface area contributed by atoms with E-state index in [1.54, 1.807) is 0 Å². The van der Waals surface area contributed by atoms with Crippen LogP contribution < -0.4 is 56.1 Å². The molecule has 7 heteroatoms. The van der Waals surface area contributed by atoms with Crippen molar-refractivity contribution in [2.75, 3.05) is 0 Å². The molecule has 0 atom stereocenters. The molecule has 0 rings (SSSR count). The SMILES string of the molecule is [F-].[K+].[O]=[Al][O][Al]=[O]. The molecule has 0 heterocycles. The molecule has 7 heavy (non-hydrogen) atoms. The Kier molecular flexibility index (Phi) is 35.9. The maximum atomic E-state index is 9.21. The van der Waals surface area contributed by atoms with Gasteiger partial charge in [-0.2, -0.15) is 0 Å². The van der Waals surface area contributed by atoms with Gasteiger partial charge in [0.1, 0.15) is 0 Å². The van der Waals surface area contributed by atoms with Crippen LogP contribution in [-0.2, 0) is 10.4 Å². The average molecular weight is 160 g/mol. The molecule has 0 saturated heterocycles. The van der Waals surface area contributed by atoms with Crippen LogP contribution in [-0.4, -0.2) is 31.0 Å². The van der Waals surface area contributed by atoms with E-state index in [1.165, 1.54) is 0 Å². The van der Waals surface area contributed by atoms with Crippen LogP contribution in [0.5, 0.6) is 0 Å². The van der Waals surface area contributed by atoms with E-state index in [1.807, 2.05) is 0 Å². The predicted octanol–water partition coefficient (Wildman–Crippen LogP) is -7.06. The molecular formula is Al2FKO3. The van der Waals surface area contributed by atoms with Gasteiger partial charge in [0.05, 0.1) is 0 Å². The summed E-state index contributed by atoms with van der Waals surface area (Å²) < 4.78 is 22.3. The molecule has 0 radical (unpaired) electrons. The summed E-state index contributed by atoms with van der Waals surface area (Å²) in [5, 5.41) is 0. The Morgan fingerprint density at radius 3 is 1.43 bits per heavy atom. The molecule has 0 aliphatic carbocycles. The van der Waals surface area contributed by atoms with Crippen molar-refractivity contribution in [3.63, 3.8) is 0 Å². The van der Waals surface area contributed by atoms with Gasteiger partial charge in [-0.25, -0.2) is 0 Å². The minimum absolute atomic E-state index is 0. The second kappa shape index (κ2) is 15.7. The quantitative estimate of drug-likeness (QED) is 0.377. The van der Waals surface area contributed by atoms with Crippen LogP contribution in [0.25, 0.3) is 0 Å². The normalized spacial score (nSPS) is 2.86. The molecule has 0 amide bonds. The third kappa shape index (κ3) is 18.0. The van der Waals surface area contributed by atoms with E-state index in [4.69, 9.17) is 0 Å². The summed E-state index contributed by atoms with van der Waals surface area (Å²) in [6.07, 6.45) is 0. The summed E-state index contributed by atoms with van der Waals surface area (Å²) >= 11 is -2.48. The third-order valence-corrected chi connectivity index (χ3v) is 1.00. The van der Waals surface area contributed by atoms with Crippen LogP contribution in [0.4, 0.5) is 0 Å². The molecule has 0 aromatic heterocycles. The van der Waals surface area contributed by atoms with Crippen molar-refractivity contribution in [2.24, 2.45) is 0 Å². The fourth-order valence-corrected chi connectivity index (χ4v) is 0.204. The van der Waals surface area contributed by atoms with Crippen molar-refractivity contribution in [1.82, 2.24) is 0 Å². The molecule has 3 nitrogen and oxygen atoms in total. The summed E-state index contributed by atoms with van der Waals surface area (Å²) in [6.45, 7) is 0. The molecule has 0 spiro atoms. The van der Waals surface area contributed by atoms with Gasteiger partial charge in [0.25, 0.3) is 0 Å². The zero-order valence-corrected chi connectivity index (χ0v) is 9.19. The summed E-state index contributed by atoms with van der Waals surface area (Å²) in [5.41, 5.74) is 0. The molecule has 0 aliphatic heterocycles. The molecule has 0 fully saturated rings. The van der Waals surface area contributed by atoms with Crippen LogP contribution in [0, 0.1) is 0 Å². The fourth-order valence-electron chi connectivity index (χ4n) is 0.0227. The van der Waals surface area contributed by atoms with Crippen molar-refractivity contribution >= 4 is 31.0 Å². The molecular weight excluding hydrogens is 160 g/mol. The van der Waals surface area contributed by atoms with Crippen molar-refractivity contribution in [3.8, 4) is 0 Å². The van der Waals surface area contributed by atoms with Gasteiger partial charge in [0.15, 0.2) is 0 Å². The van der Waals surface area contributed by atoms with E-state index >= 15 is 0 Å².